The number of aromatic amines is 1. The van der Waals surface area contributed by atoms with E-state index < -0.39 is 53.5 Å². The molecular formula is C35H36F3N3O9. The van der Waals surface area contributed by atoms with Crippen LogP contribution in [0.1, 0.15) is 29.3 Å². The van der Waals surface area contributed by atoms with Crippen molar-refractivity contribution in [2.24, 2.45) is 0 Å². The van der Waals surface area contributed by atoms with Crippen molar-refractivity contribution in [3.63, 3.8) is 0 Å². The molecule has 5 rings (SSSR count). The number of aliphatic hydroxyl groups is 1. The van der Waals surface area contributed by atoms with Gasteiger partial charge >= 0.3 is 17.8 Å². The SMILES string of the molecule is COc1ccc(C(OC[C@H]2O[C@@H](n3ccc(=O)[nH]c3=O)[C@@H](OCCCNC(=O)C(F)(F)F)C2O)(c2ccccc2)c2ccc(OC)cc2)cc1. The molecule has 50 heavy (non-hydrogen) atoms. The number of aromatic nitrogens is 2. The van der Waals surface area contributed by atoms with E-state index in [1.807, 2.05) is 54.6 Å². The topological polar surface area (TPSA) is 150 Å². The van der Waals surface area contributed by atoms with Gasteiger partial charge in [0, 0.05) is 25.4 Å². The number of aliphatic hydroxyl groups excluding tert-OH is 1. The molecule has 1 aliphatic heterocycles. The summed E-state index contributed by atoms with van der Waals surface area (Å²) in [5.41, 5.74) is -0.604. The van der Waals surface area contributed by atoms with Crippen LogP contribution in [0.4, 0.5) is 13.2 Å². The van der Waals surface area contributed by atoms with Crippen molar-refractivity contribution in [2.75, 3.05) is 34.0 Å². The molecular weight excluding hydrogens is 663 g/mol. The number of alkyl halides is 3. The smallest absolute Gasteiger partial charge is 0.471 e. The van der Waals surface area contributed by atoms with Crippen molar-refractivity contribution in [2.45, 2.75) is 42.7 Å². The molecule has 0 bridgehead atoms. The second-order valence-electron chi connectivity index (χ2n) is 11.3. The Morgan fingerprint density at radius 1 is 0.900 bits per heavy atom. The van der Waals surface area contributed by atoms with Crippen LogP contribution in [0, 0.1) is 0 Å². The predicted molar refractivity (Wildman–Crippen MR) is 173 cm³/mol. The predicted octanol–water partition coefficient (Wildman–Crippen LogP) is 3.27. The van der Waals surface area contributed by atoms with E-state index in [1.54, 1.807) is 43.8 Å². The number of hydrogen-bond donors (Lipinski definition) is 3. The fraction of sp³-hybridized carbons (Fsp3) is 0.343. The molecule has 1 saturated heterocycles. The van der Waals surface area contributed by atoms with E-state index in [-0.39, 0.29) is 26.2 Å². The maximum Gasteiger partial charge on any atom is 0.471 e. The highest BCUT2D eigenvalue weighted by molar-refractivity contribution is 5.81. The molecule has 1 aliphatic rings. The molecule has 0 spiro atoms. The van der Waals surface area contributed by atoms with Gasteiger partial charge in [-0.1, -0.05) is 54.6 Å². The molecule has 1 fully saturated rings. The Balaban J connectivity index is 1.47. The Morgan fingerprint density at radius 3 is 2.02 bits per heavy atom. The fourth-order valence-electron chi connectivity index (χ4n) is 5.76. The van der Waals surface area contributed by atoms with Gasteiger partial charge in [0.1, 0.15) is 35.4 Å². The Bertz CT molecular complexity index is 1780. The monoisotopic (exact) mass is 699 g/mol. The first-order chi connectivity index (χ1) is 24.0. The minimum atomic E-state index is -5.04. The number of carbonyl (C=O) groups excluding carboxylic acids is 1. The number of hydrogen-bond acceptors (Lipinski definition) is 9. The largest absolute Gasteiger partial charge is 0.497 e. The molecule has 0 radical (unpaired) electrons. The third-order valence-electron chi connectivity index (χ3n) is 8.25. The molecule has 4 aromatic rings. The fourth-order valence-corrected chi connectivity index (χ4v) is 5.76. The average molecular weight is 700 g/mol. The minimum Gasteiger partial charge on any atom is -0.497 e. The molecule has 0 aliphatic carbocycles. The van der Waals surface area contributed by atoms with Gasteiger partial charge in [0.15, 0.2) is 6.23 Å². The van der Waals surface area contributed by atoms with E-state index in [9.17, 15) is 32.7 Å². The van der Waals surface area contributed by atoms with Crippen molar-refractivity contribution in [1.82, 2.24) is 14.9 Å². The van der Waals surface area contributed by atoms with Gasteiger partial charge in [-0.15, -0.1) is 0 Å². The minimum absolute atomic E-state index is 0.0501. The molecule has 3 N–H and O–H groups in total. The van der Waals surface area contributed by atoms with Crippen molar-refractivity contribution in [1.29, 1.82) is 0 Å². The quantitative estimate of drug-likeness (QED) is 0.133. The Kier molecular flexibility index (Phi) is 11.4. The van der Waals surface area contributed by atoms with E-state index in [2.05, 4.69) is 4.98 Å². The third kappa shape index (κ3) is 7.91. The molecule has 1 aromatic heterocycles. The summed E-state index contributed by atoms with van der Waals surface area (Å²) < 4.78 is 68.5. The Hall–Kier alpha value is -4.96. The van der Waals surface area contributed by atoms with Crippen LogP contribution in [0.25, 0.3) is 0 Å². The number of benzene rings is 3. The molecule has 1 amide bonds. The highest BCUT2D eigenvalue weighted by atomic mass is 19.4. The van der Waals surface area contributed by atoms with Crippen molar-refractivity contribution >= 4 is 5.91 Å². The zero-order valence-corrected chi connectivity index (χ0v) is 27.1. The van der Waals surface area contributed by atoms with Crippen LogP contribution < -0.4 is 26.0 Å². The first kappa shape index (κ1) is 36.3. The molecule has 15 heteroatoms. The summed E-state index contributed by atoms with van der Waals surface area (Å²) in [5.74, 6) is -0.855. The number of methoxy groups -OCH3 is 2. The first-order valence-corrected chi connectivity index (χ1v) is 15.6. The number of carbonyl (C=O) groups is 1. The lowest BCUT2D eigenvalue weighted by Crippen LogP contribution is -2.41. The number of halogens is 3. The van der Waals surface area contributed by atoms with E-state index in [4.69, 9.17) is 23.7 Å². The molecule has 0 saturated carbocycles. The standard InChI is InChI=1S/C35H36F3N3O9/c1-46-25-13-9-23(10-14-25)34(22-7-4-3-5-8-22,24-11-15-26(47-2)16-12-24)49-21-27-29(43)30(48-20-6-18-39-32(44)35(36,37)38)31(50-27)41-19-17-28(42)40-33(41)45/h3-5,7-17,19,27,29-31,43H,6,18,20-21H2,1-2H3,(H,39,44)(H,40,42,45)/t27-,29?,30+,31-/m1/s1. The zero-order chi connectivity index (χ0) is 35.9. The van der Waals surface area contributed by atoms with Gasteiger partial charge in [0.2, 0.25) is 0 Å². The normalized spacial score (nSPS) is 19.2. The zero-order valence-electron chi connectivity index (χ0n) is 27.1. The van der Waals surface area contributed by atoms with Gasteiger partial charge in [-0.2, -0.15) is 13.2 Å². The van der Waals surface area contributed by atoms with Crippen LogP contribution in [0.5, 0.6) is 11.5 Å². The van der Waals surface area contributed by atoms with Crippen LogP contribution in [0.15, 0.2) is 101 Å². The third-order valence-corrected chi connectivity index (χ3v) is 8.25. The molecule has 266 valence electrons. The highest BCUT2D eigenvalue weighted by Crippen LogP contribution is 2.43. The van der Waals surface area contributed by atoms with Gasteiger partial charge in [-0.3, -0.25) is 19.1 Å². The van der Waals surface area contributed by atoms with Crippen molar-refractivity contribution < 1.29 is 46.8 Å². The van der Waals surface area contributed by atoms with Crippen LogP contribution in [0.3, 0.4) is 0 Å². The molecule has 1 unspecified atom stereocenters. The Morgan fingerprint density at radius 2 is 1.48 bits per heavy atom. The summed E-state index contributed by atoms with van der Waals surface area (Å²) >= 11 is 0. The number of H-pyrrole nitrogens is 1. The van der Waals surface area contributed by atoms with Crippen molar-refractivity contribution in [3.05, 3.63) is 129 Å². The van der Waals surface area contributed by atoms with E-state index in [0.29, 0.717) is 22.6 Å². The summed E-state index contributed by atoms with van der Waals surface area (Å²) in [6, 6.07) is 25.1. The summed E-state index contributed by atoms with van der Waals surface area (Å²) in [7, 11) is 3.11. The second-order valence-corrected chi connectivity index (χ2v) is 11.3. The van der Waals surface area contributed by atoms with Gasteiger partial charge in [0.05, 0.1) is 20.8 Å². The first-order valence-electron chi connectivity index (χ1n) is 15.6. The van der Waals surface area contributed by atoms with Gasteiger partial charge in [0.25, 0.3) is 5.56 Å². The lowest BCUT2D eigenvalue weighted by atomic mass is 9.80. The van der Waals surface area contributed by atoms with E-state index >= 15 is 0 Å². The summed E-state index contributed by atoms with van der Waals surface area (Å²) in [4.78, 5) is 37.9. The number of nitrogens with one attached hydrogen (secondary N) is 2. The number of nitrogens with zero attached hydrogens (tertiary/aromatic N) is 1. The van der Waals surface area contributed by atoms with E-state index in [0.717, 1.165) is 16.2 Å². The summed E-state index contributed by atoms with van der Waals surface area (Å²) in [6.45, 7) is -0.817. The van der Waals surface area contributed by atoms with Crippen LogP contribution >= 0.6 is 0 Å². The van der Waals surface area contributed by atoms with Gasteiger partial charge in [-0.05, 0) is 47.4 Å². The van der Waals surface area contributed by atoms with Crippen LogP contribution in [0.2, 0.25) is 0 Å². The lowest BCUT2D eigenvalue weighted by Gasteiger charge is -2.37. The molecule has 12 nitrogen and oxygen atoms in total. The summed E-state index contributed by atoms with van der Waals surface area (Å²) in [5, 5.41) is 13.3. The lowest BCUT2D eigenvalue weighted by molar-refractivity contribution is -0.173. The highest BCUT2D eigenvalue weighted by Gasteiger charge is 2.48. The molecule has 2 heterocycles. The van der Waals surface area contributed by atoms with Crippen molar-refractivity contribution in [3.8, 4) is 11.5 Å². The maximum absolute atomic E-state index is 12.8. The van der Waals surface area contributed by atoms with Gasteiger partial charge < -0.3 is 34.1 Å². The maximum atomic E-state index is 12.8. The van der Waals surface area contributed by atoms with Gasteiger partial charge in [-0.25, -0.2) is 4.79 Å². The van der Waals surface area contributed by atoms with E-state index in [1.165, 1.54) is 6.20 Å². The van der Waals surface area contributed by atoms with Crippen LogP contribution in [-0.2, 0) is 24.6 Å². The number of ether oxygens (including phenoxy) is 5. The molecule has 3 aromatic carbocycles. The number of rotatable bonds is 14. The second kappa shape index (κ2) is 15.7. The molecule has 4 atom stereocenters. The summed E-state index contributed by atoms with van der Waals surface area (Å²) in [6.07, 6.45) is -8.90. The number of amides is 1. The van der Waals surface area contributed by atoms with Crippen LogP contribution in [-0.4, -0.2) is 79.0 Å². The average Bonchev–Trinajstić information content (AvgIpc) is 3.42. The Labute approximate surface area is 284 Å².